The summed E-state index contributed by atoms with van der Waals surface area (Å²) in [5.74, 6) is -1.61. The molecule has 0 radical (unpaired) electrons. The predicted octanol–water partition coefficient (Wildman–Crippen LogP) is 2.35. The Labute approximate surface area is 160 Å². The Balaban J connectivity index is 1.78. The van der Waals surface area contributed by atoms with Gasteiger partial charge in [0.05, 0.1) is 36.9 Å². The van der Waals surface area contributed by atoms with Crippen LogP contribution in [0.15, 0.2) is 24.3 Å². The molecule has 0 bridgehead atoms. The van der Waals surface area contributed by atoms with Crippen LogP contribution in [0.5, 0.6) is 0 Å². The van der Waals surface area contributed by atoms with Gasteiger partial charge in [0, 0.05) is 13.1 Å². The minimum atomic E-state index is -0.976. The third-order valence-electron chi connectivity index (χ3n) is 4.35. The Bertz CT molecular complexity index is 853. The second kappa shape index (κ2) is 8.06. The predicted molar refractivity (Wildman–Crippen MR) is 95.4 cm³/mol. The van der Waals surface area contributed by atoms with E-state index in [1.807, 2.05) is 0 Å². The van der Waals surface area contributed by atoms with Gasteiger partial charge in [-0.05, 0) is 24.6 Å². The minimum Gasteiger partial charge on any atom is -0.481 e. The molecule has 1 atom stereocenters. The van der Waals surface area contributed by atoms with Crippen molar-refractivity contribution in [3.05, 3.63) is 52.1 Å². The van der Waals surface area contributed by atoms with Gasteiger partial charge in [-0.15, -0.1) is 0 Å². The van der Waals surface area contributed by atoms with Crippen molar-refractivity contribution >= 4 is 23.5 Å². The van der Waals surface area contributed by atoms with Crippen LogP contribution in [0.1, 0.15) is 28.0 Å². The lowest BCUT2D eigenvalue weighted by molar-refractivity contribution is -0.141. The number of carboxylic acid groups (broad SMARTS) is 1. The zero-order chi connectivity index (χ0) is 19.6. The van der Waals surface area contributed by atoms with Crippen LogP contribution in [0.4, 0.5) is 4.39 Å². The van der Waals surface area contributed by atoms with Crippen LogP contribution in [-0.4, -0.2) is 57.5 Å². The second-order valence-electron chi connectivity index (χ2n) is 6.38. The maximum absolute atomic E-state index is 13.0. The summed E-state index contributed by atoms with van der Waals surface area (Å²) in [5.41, 5.74) is 1.57. The lowest BCUT2D eigenvalue weighted by Gasteiger charge is -2.32. The number of halogens is 2. The maximum Gasteiger partial charge on any atom is 0.306 e. The molecule has 1 fully saturated rings. The number of aromatic nitrogens is 2. The highest BCUT2D eigenvalue weighted by molar-refractivity contribution is 6.33. The molecular weight excluding hydrogens is 377 g/mol. The molecule has 0 unspecified atom stereocenters. The molecule has 0 saturated carbocycles. The van der Waals surface area contributed by atoms with E-state index < -0.39 is 12.1 Å². The zero-order valence-electron chi connectivity index (χ0n) is 14.7. The van der Waals surface area contributed by atoms with Gasteiger partial charge >= 0.3 is 5.97 Å². The van der Waals surface area contributed by atoms with Crippen molar-refractivity contribution in [2.45, 2.75) is 26.0 Å². The molecule has 7 nitrogen and oxygen atoms in total. The van der Waals surface area contributed by atoms with Crippen LogP contribution in [0.3, 0.4) is 0 Å². The van der Waals surface area contributed by atoms with Gasteiger partial charge in [-0.1, -0.05) is 23.7 Å². The Morgan fingerprint density at radius 3 is 2.74 bits per heavy atom. The molecule has 1 amide bonds. The van der Waals surface area contributed by atoms with Crippen molar-refractivity contribution in [1.82, 2.24) is 14.7 Å². The van der Waals surface area contributed by atoms with E-state index in [1.165, 1.54) is 21.7 Å². The second-order valence-corrected chi connectivity index (χ2v) is 6.74. The minimum absolute atomic E-state index is 0.166. The molecule has 144 valence electrons. The first-order valence-electron chi connectivity index (χ1n) is 8.45. The van der Waals surface area contributed by atoms with E-state index in [9.17, 15) is 14.0 Å². The molecule has 1 N–H and O–H groups in total. The standard InChI is InChI=1S/C18H19ClFN3O4/c1-11-16(18(26)22-6-7-27-14(10-22)8-15(24)25)17(19)23(21-11)9-12-2-4-13(20)5-3-12/h2-5,14H,6-10H2,1H3,(H,24,25)/t14-/m1/s1. The number of hydrogen-bond acceptors (Lipinski definition) is 4. The molecule has 2 aromatic rings. The number of hydrogen-bond donors (Lipinski definition) is 1. The normalized spacial score (nSPS) is 17.1. The highest BCUT2D eigenvalue weighted by Gasteiger charge is 2.30. The van der Waals surface area contributed by atoms with Gasteiger partial charge < -0.3 is 14.7 Å². The molecule has 1 aromatic carbocycles. The van der Waals surface area contributed by atoms with Gasteiger partial charge in [0.2, 0.25) is 0 Å². The van der Waals surface area contributed by atoms with Crippen LogP contribution in [-0.2, 0) is 16.1 Å². The Morgan fingerprint density at radius 2 is 2.07 bits per heavy atom. The van der Waals surface area contributed by atoms with E-state index in [-0.39, 0.29) is 42.0 Å². The van der Waals surface area contributed by atoms with Crippen molar-refractivity contribution in [1.29, 1.82) is 0 Å². The zero-order valence-corrected chi connectivity index (χ0v) is 15.4. The van der Waals surface area contributed by atoms with Gasteiger partial charge in [-0.3, -0.25) is 9.59 Å². The largest absolute Gasteiger partial charge is 0.481 e. The smallest absolute Gasteiger partial charge is 0.306 e. The number of carboxylic acids is 1. The molecule has 27 heavy (non-hydrogen) atoms. The first-order valence-corrected chi connectivity index (χ1v) is 8.83. The Kier molecular flexibility index (Phi) is 5.76. The number of ether oxygens (including phenoxy) is 1. The van der Waals surface area contributed by atoms with Gasteiger partial charge in [-0.2, -0.15) is 5.10 Å². The Morgan fingerprint density at radius 1 is 1.37 bits per heavy atom. The van der Waals surface area contributed by atoms with Gasteiger partial charge in [0.25, 0.3) is 5.91 Å². The molecule has 1 saturated heterocycles. The number of nitrogens with zero attached hydrogens (tertiary/aromatic N) is 3. The number of aryl methyl sites for hydroxylation is 1. The molecule has 1 aliphatic heterocycles. The number of morpholine rings is 1. The molecule has 1 aromatic heterocycles. The topological polar surface area (TPSA) is 84.7 Å². The summed E-state index contributed by atoms with van der Waals surface area (Å²) >= 11 is 6.40. The fraction of sp³-hybridized carbons (Fsp3) is 0.389. The third kappa shape index (κ3) is 4.45. The van der Waals surface area contributed by atoms with Crippen LogP contribution < -0.4 is 0 Å². The molecule has 9 heteroatoms. The SMILES string of the molecule is Cc1nn(Cc2ccc(F)cc2)c(Cl)c1C(=O)N1CCO[C@H](CC(=O)O)C1. The van der Waals surface area contributed by atoms with Crippen molar-refractivity contribution in [2.24, 2.45) is 0 Å². The average molecular weight is 396 g/mol. The number of benzene rings is 1. The summed E-state index contributed by atoms with van der Waals surface area (Å²) in [6.45, 7) is 2.80. The lowest BCUT2D eigenvalue weighted by Crippen LogP contribution is -2.46. The van der Waals surface area contributed by atoms with Crippen molar-refractivity contribution in [3.63, 3.8) is 0 Å². The highest BCUT2D eigenvalue weighted by Crippen LogP contribution is 2.24. The van der Waals surface area contributed by atoms with E-state index >= 15 is 0 Å². The number of carbonyl (C=O) groups is 2. The third-order valence-corrected chi connectivity index (χ3v) is 4.74. The van der Waals surface area contributed by atoms with Crippen LogP contribution in [0, 0.1) is 12.7 Å². The maximum atomic E-state index is 13.0. The number of carbonyl (C=O) groups excluding carboxylic acids is 1. The summed E-state index contributed by atoms with van der Waals surface area (Å²) in [4.78, 5) is 25.3. The van der Waals surface area contributed by atoms with Crippen molar-refractivity contribution in [3.8, 4) is 0 Å². The number of aliphatic carboxylic acids is 1. The number of amides is 1. The molecule has 3 rings (SSSR count). The molecule has 1 aliphatic rings. The van der Waals surface area contributed by atoms with Crippen LogP contribution in [0.25, 0.3) is 0 Å². The van der Waals surface area contributed by atoms with E-state index in [0.29, 0.717) is 18.8 Å². The van der Waals surface area contributed by atoms with Crippen LogP contribution in [0.2, 0.25) is 5.15 Å². The first-order chi connectivity index (χ1) is 12.8. The first kappa shape index (κ1) is 19.3. The number of rotatable bonds is 5. The molecule has 0 spiro atoms. The van der Waals surface area contributed by atoms with Crippen LogP contribution >= 0.6 is 11.6 Å². The van der Waals surface area contributed by atoms with Gasteiger partial charge in [0.1, 0.15) is 11.0 Å². The van der Waals surface area contributed by atoms with Gasteiger partial charge in [-0.25, -0.2) is 9.07 Å². The lowest BCUT2D eigenvalue weighted by atomic mass is 10.1. The molecule has 2 heterocycles. The van der Waals surface area contributed by atoms with E-state index in [0.717, 1.165) is 5.56 Å². The summed E-state index contributed by atoms with van der Waals surface area (Å²) in [6.07, 6.45) is -0.714. The monoisotopic (exact) mass is 395 g/mol. The van der Waals surface area contributed by atoms with E-state index in [1.54, 1.807) is 19.1 Å². The van der Waals surface area contributed by atoms with E-state index in [2.05, 4.69) is 5.10 Å². The molecule has 0 aliphatic carbocycles. The van der Waals surface area contributed by atoms with E-state index in [4.69, 9.17) is 21.4 Å². The summed E-state index contributed by atoms with van der Waals surface area (Å²) < 4.78 is 19.9. The fourth-order valence-electron chi connectivity index (χ4n) is 3.04. The Hall–Kier alpha value is -2.45. The summed E-state index contributed by atoms with van der Waals surface area (Å²) in [6, 6.07) is 5.95. The molecular formula is C18H19ClFN3O4. The summed E-state index contributed by atoms with van der Waals surface area (Å²) in [7, 11) is 0. The van der Waals surface area contributed by atoms with Gasteiger partial charge in [0.15, 0.2) is 0 Å². The fourth-order valence-corrected chi connectivity index (χ4v) is 3.36. The van der Waals surface area contributed by atoms with Crippen molar-refractivity contribution in [2.75, 3.05) is 19.7 Å². The quantitative estimate of drug-likeness (QED) is 0.840. The average Bonchev–Trinajstić information content (AvgIpc) is 2.89. The highest BCUT2D eigenvalue weighted by atomic mass is 35.5. The summed E-state index contributed by atoms with van der Waals surface area (Å²) in [5, 5.41) is 13.4. The van der Waals surface area contributed by atoms with Crippen molar-refractivity contribution < 1.29 is 23.8 Å².